The normalized spacial score (nSPS) is 13.8. The zero-order valence-corrected chi connectivity index (χ0v) is 23.6. The fraction of sp³-hybridized carbons (Fsp3) is 0.310. The smallest absolute Gasteiger partial charge is 0.217 e. The maximum absolute atomic E-state index is 16.1. The summed E-state index contributed by atoms with van der Waals surface area (Å²) in [7, 11) is 8.30. The van der Waals surface area contributed by atoms with Crippen molar-refractivity contribution in [1.29, 1.82) is 0 Å². The van der Waals surface area contributed by atoms with E-state index in [2.05, 4.69) is 20.9 Å². The number of aliphatic hydroxyl groups is 1. The standard InChI is InChI=1S/C29H31BrFN3O4/c1-34(2)14-12-29(35,25-17-20(36-3)11-13-32-25)26(21-7-6-8-24(37-4)27(21)31)22-16-18-15-19(30)9-10-23(18)33-28(22)38-5/h6-11,13,15-17,26,35H,12,14H2,1-5H3. The van der Waals surface area contributed by atoms with E-state index in [1.54, 1.807) is 43.6 Å². The van der Waals surface area contributed by atoms with Crippen molar-refractivity contribution >= 4 is 26.8 Å². The molecule has 4 aromatic rings. The molecule has 0 bridgehead atoms. The minimum Gasteiger partial charge on any atom is -0.497 e. The van der Waals surface area contributed by atoms with E-state index in [1.807, 2.05) is 43.3 Å². The van der Waals surface area contributed by atoms with Gasteiger partial charge >= 0.3 is 0 Å². The van der Waals surface area contributed by atoms with Crippen molar-refractivity contribution in [3.05, 3.63) is 87.9 Å². The number of hydrogen-bond donors (Lipinski definition) is 1. The number of rotatable bonds is 10. The summed E-state index contributed by atoms with van der Waals surface area (Å²) in [4.78, 5) is 11.2. The third kappa shape index (κ3) is 5.45. The molecule has 2 aromatic heterocycles. The van der Waals surface area contributed by atoms with Gasteiger partial charge in [-0.2, -0.15) is 0 Å². The van der Waals surface area contributed by atoms with Gasteiger partial charge in [-0.3, -0.25) is 4.98 Å². The van der Waals surface area contributed by atoms with Crippen LogP contribution in [0.1, 0.15) is 29.2 Å². The van der Waals surface area contributed by atoms with Gasteiger partial charge in [-0.1, -0.05) is 28.1 Å². The number of methoxy groups -OCH3 is 3. The second-order valence-electron chi connectivity index (χ2n) is 9.28. The molecule has 2 heterocycles. The number of ether oxygens (including phenoxy) is 3. The quantitative estimate of drug-likeness (QED) is 0.263. The molecule has 0 aliphatic carbocycles. The van der Waals surface area contributed by atoms with E-state index < -0.39 is 17.3 Å². The molecule has 0 saturated carbocycles. The summed E-state index contributed by atoms with van der Waals surface area (Å²) in [5.74, 6) is -0.684. The predicted octanol–water partition coefficient (Wildman–Crippen LogP) is 5.53. The van der Waals surface area contributed by atoms with E-state index in [0.717, 1.165) is 9.86 Å². The van der Waals surface area contributed by atoms with Gasteiger partial charge in [-0.15, -0.1) is 0 Å². The molecule has 7 nitrogen and oxygen atoms in total. The Hall–Kier alpha value is -3.27. The zero-order valence-electron chi connectivity index (χ0n) is 22.0. The lowest BCUT2D eigenvalue weighted by Crippen LogP contribution is -2.39. The SMILES string of the molecule is COc1ccnc(C(O)(CCN(C)C)C(c2cc3cc(Br)ccc3nc2OC)c2cccc(OC)c2F)c1. The fourth-order valence-electron chi connectivity index (χ4n) is 4.70. The second kappa shape index (κ2) is 11.6. The molecule has 1 N–H and O–H groups in total. The Kier molecular flexibility index (Phi) is 8.50. The molecule has 0 saturated heterocycles. The highest BCUT2D eigenvalue weighted by molar-refractivity contribution is 9.10. The van der Waals surface area contributed by atoms with E-state index in [9.17, 15) is 5.11 Å². The van der Waals surface area contributed by atoms with Crippen LogP contribution in [-0.2, 0) is 5.60 Å². The van der Waals surface area contributed by atoms with E-state index in [-0.39, 0.29) is 23.6 Å². The van der Waals surface area contributed by atoms with E-state index >= 15 is 4.39 Å². The number of benzene rings is 2. The van der Waals surface area contributed by atoms with Crippen LogP contribution in [0.4, 0.5) is 4.39 Å². The summed E-state index contributed by atoms with van der Waals surface area (Å²) in [6.45, 7) is 0.492. The molecule has 2 atom stereocenters. The van der Waals surface area contributed by atoms with Crippen LogP contribution in [0.2, 0.25) is 0 Å². The van der Waals surface area contributed by atoms with Crippen LogP contribution in [0.15, 0.2) is 65.3 Å². The first-order valence-electron chi connectivity index (χ1n) is 12.1. The van der Waals surface area contributed by atoms with Crippen LogP contribution < -0.4 is 14.2 Å². The largest absolute Gasteiger partial charge is 0.497 e. The number of aromatic nitrogens is 2. The molecule has 2 aromatic carbocycles. The first-order valence-corrected chi connectivity index (χ1v) is 12.8. The third-order valence-electron chi connectivity index (χ3n) is 6.63. The first-order chi connectivity index (χ1) is 18.2. The van der Waals surface area contributed by atoms with Gasteiger partial charge in [0.15, 0.2) is 11.6 Å². The lowest BCUT2D eigenvalue weighted by Gasteiger charge is -2.38. The molecule has 0 spiro atoms. The van der Waals surface area contributed by atoms with Crippen molar-refractivity contribution in [2.45, 2.75) is 17.9 Å². The van der Waals surface area contributed by atoms with Crippen LogP contribution in [0.5, 0.6) is 17.4 Å². The molecule has 9 heteroatoms. The topological polar surface area (TPSA) is 76.9 Å². The summed E-state index contributed by atoms with van der Waals surface area (Å²) in [5.41, 5.74) is 0.0822. The molecule has 0 radical (unpaired) electrons. The number of hydrogen-bond acceptors (Lipinski definition) is 7. The lowest BCUT2D eigenvalue weighted by molar-refractivity contribution is -0.00140. The molecular weight excluding hydrogens is 553 g/mol. The minimum absolute atomic E-state index is 0.0662. The summed E-state index contributed by atoms with van der Waals surface area (Å²) in [6, 6.07) is 15.8. The maximum atomic E-state index is 16.1. The van der Waals surface area contributed by atoms with Crippen LogP contribution in [0.25, 0.3) is 10.9 Å². The summed E-state index contributed by atoms with van der Waals surface area (Å²) < 4.78 is 33.4. The maximum Gasteiger partial charge on any atom is 0.217 e. The number of halogens is 2. The Morgan fingerprint density at radius 3 is 2.47 bits per heavy atom. The van der Waals surface area contributed by atoms with Crippen molar-refractivity contribution in [2.75, 3.05) is 42.0 Å². The highest BCUT2D eigenvalue weighted by Gasteiger charge is 2.45. The Labute approximate surface area is 230 Å². The number of fused-ring (bicyclic) bond motifs is 1. The van der Waals surface area contributed by atoms with Gasteiger partial charge < -0.3 is 24.2 Å². The number of pyridine rings is 2. The zero-order chi connectivity index (χ0) is 27.4. The van der Waals surface area contributed by atoms with Crippen molar-refractivity contribution in [3.8, 4) is 17.4 Å². The molecular formula is C29H31BrFN3O4. The van der Waals surface area contributed by atoms with Gasteiger partial charge in [-0.25, -0.2) is 9.37 Å². The van der Waals surface area contributed by atoms with Crippen molar-refractivity contribution in [1.82, 2.24) is 14.9 Å². The van der Waals surface area contributed by atoms with Gasteiger partial charge in [0.2, 0.25) is 5.88 Å². The lowest BCUT2D eigenvalue weighted by atomic mass is 9.73. The van der Waals surface area contributed by atoms with Gasteiger partial charge in [0.25, 0.3) is 0 Å². The van der Waals surface area contributed by atoms with Crippen LogP contribution in [0, 0.1) is 5.82 Å². The van der Waals surface area contributed by atoms with Crippen LogP contribution >= 0.6 is 15.9 Å². The Balaban J connectivity index is 2.09. The van der Waals surface area contributed by atoms with Gasteiger partial charge in [-0.05, 0) is 56.9 Å². The summed E-state index contributed by atoms with van der Waals surface area (Å²) >= 11 is 3.52. The Bertz CT molecular complexity index is 1430. The van der Waals surface area contributed by atoms with Crippen molar-refractivity contribution in [3.63, 3.8) is 0 Å². The monoisotopic (exact) mass is 583 g/mol. The third-order valence-corrected chi connectivity index (χ3v) is 7.12. The van der Waals surface area contributed by atoms with Crippen LogP contribution in [-0.4, -0.2) is 61.9 Å². The van der Waals surface area contributed by atoms with Gasteiger partial charge in [0, 0.05) is 39.8 Å². The summed E-state index contributed by atoms with van der Waals surface area (Å²) in [6.07, 6.45) is 1.79. The summed E-state index contributed by atoms with van der Waals surface area (Å²) in [5, 5.41) is 13.5. The van der Waals surface area contributed by atoms with Crippen molar-refractivity contribution < 1.29 is 23.7 Å². The molecule has 0 amide bonds. The average molecular weight is 584 g/mol. The number of nitrogens with zero attached hydrogens (tertiary/aromatic N) is 3. The molecule has 0 fully saturated rings. The van der Waals surface area contributed by atoms with Crippen LogP contribution in [0.3, 0.4) is 0 Å². The molecule has 4 rings (SSSR count). The van der Waals surface area contributed by atoms with Gasteiger partial charge in [0.1, 0.15) is 11.4 Å². The second-order valence-corrected chi connectivity index (χ2v) is 10.2. The van der Waals surface area contributed by atoms with Gasteiger partial charge in [0.05, 0.1) is 38.5 Å². The highest BCUT2D eigenvalue weighted by atomic mass is 79.9. The Morgan fingerprint density at radius 2 is 1.79 bits per heavy atom. The Morgan fingerprint density at radius 1 is 1.00 bits per heavy atom. The predicted molar refractivity (Wildman–Crippen MR) is 149 cm³/mol. The molecule has 2 unspecified atom stereocenters. The fourth-order valence-corrected chi connectivity index (χ4v) is 5.07. The highest BCUT2D eigenvalue weighted by Crippen LogP contribution is 2.48. The molecule has 0 aliphatic heterocycles. The molecule has 200 valence electrons. The molecule has 38 heavy (non-hydrogen) atoms. The molecule has 0 aliphatic rings. The minimum atomic E-state index is -1.69. The van der Waals surface area contributed by atoms with E-state index in [0.29, 0.717) is 29.1 Å². The van der Waals surface area contributed by atoms with E-state index in [4.69, 9.17) is 19.2 Å². The first kappa shape index (κ1) is 27.8. The average Bonchev–Trinajstić information content (AvgIpc) is 2.92. The van der Waals surface area contributed by atoms with Crippen molar-refractivity contribution in [2.24, 2.45) is 0 Å². The van der Waals surface area contributed by atoms with E-state index in [1.165, 1.54) is 14.2 Å².